The largest absolute Gasteiger partial charge is 0.312 e. The van der Waals surface area contributed by atoms with E-state index < -0.39 is 0 Å². The third-order valence-electron chi connectivity index (χ3n) is 3.55. The highest BCUT2D eigenvalue weighted by atomic mass is 79.9. The molecule has 0 heterocycles. The average molecular weight is 344 g/mol. The van der Waals surface area contributed by atoms with Gasteiger partial charge in [-0.15, -0.1) is 0 Å². The Balaban J connectivity index is 2.87. The Bertz CT molecular complexity index is 439. The Labute approximate surface area is 131 Å². The van der Waals surface area contributed by atoms with Gasteiger partial charge in [0.2, 0.25) is 0 Å². The van der Waals surface area contributed by atoms with E-state index in [1.54, 1.807) is 6.07 Å². The zero-order valence-electron chi connectivity index (χ0n) is 13.3. The maximum absolute atomic E-state index is 13.7. The van der Waals surface area contributed by atoms with Crippen molar-refractivity contribution in [3.8, 4) is 0 Å². The summed E-state index contributed by atoms with van der Waals surface area (Å²) in [5, 5.41) is 3.59. The van der Waals surface area contributed by atoms with Crippen LogP contribution in [0.3, 0.4) is 0 Å². The van der Waals surface area contributed by atoms with Gasteiger partial charge in [0.05, 0.1) is 4.47 Å². The van der Waals surface area contributed by atoms with Gasteiger partial charge < -0.3 is 5.32 Å². The third kappa shape index (κ3) is 5.53. The van der Waals surface area contributed by atoms with Crippen molar-refractivity contribution in [2.45, 2.75) is 59.4 Å². The Hall–Kier alpha value is -0.410. The highest BCUT2D eigenvalue weighted by molar-refractivity contribution is 9.10. The predicted molar refractivity (Wildman–Crippen MR) is 88.6 cm³/mol. The number of rotatable bonds is 6. The fraction of sp³-hybridized carbons (Fsp3) is 0.647. The molecule has 0 radical (unpaired) electrons. The molecule has 0 fully saturated rings. The van der Waals surface area contributed by atoms with Gasteiger partial charge >= 0.3 is 0 Å². The molecule has 1 atom stereocenters. The van der Waals surface area contributed by atoms with Gasteiger partial charge in [-0.05, 0) is 66.6 Å². The number of hydrogen-bond acceptors (Lipinski definition) is 1. The van der Waals surface area contributed by atoms with Crippen LogP contribution in [-0.4, -0.2) is 12.1 Å². The summed E-state index contributed by atoms with van der Waals surface area (Å²) in [6.07, 6.45) is 3.14. The number of nitrogens with one attached hydrogen (secondary N) is 1. The zero-order valence-corrected chi connectivity index (χ0v) is 14.9. The molecule has 0 aliphatic carbocycles. The Morgan fingerprint density at radius 1 is 1.20 bits per heavy atom. The van der Waals surface area contributed by atoms with E-state index in [4.69, 9.17) is 0 Å². The smallest absolute Gasteiger partial charge is 0.137 e. The minimum Gasteiger partial charge on any atom is -0.312 e. The summed E-state index contributed by atoms with van der Waals surface area (Å²) in [7, 11) is 0. The van der Waals surface area contributed by atoms with Gasteiger partial charge in [0, 0.05) is 12.1 Å². The van der Waals surface area contributed by atoms with Gasteiger partial charge in [0.1, 0.15) is 5.82 Å². The van der Waals surface area contributed by atoms with Crippen LogP contribution in [-0.2, 0) is 6.42 Å². The molecule has 1 rings (SSSR count). The van der Waals surface area contributed by atoms with Crippen LogP contribution in [0.25, 0.3) is 0 Å². The van der Waals surface area contributed by atoms with E-state index >= 15 is 0 Å². The minimum atomic E-state index is -0.176. The molecule has 1 aromatic rings. The van der Waals surface area contributed by atoms with E-state index in [1.807, 2.05) is 6.07 Å². The molecule has 0 amide bonds. The highest BCUT2D eigenvalue weighted by Gasteiger charge is 2.27. The first-order valence-electron chi connectivity index (χ1n) is 7.35. The van der Waals surface area contributed by atoms with Gasteiger partial charge in [-0.1, -0.05) is 32.4 Å². The summed E-state index contributed by atoms with van der Waals surface area (Å²) in [6, 6.07) is 5.30. The van der Waals surface area contributed by atoms with Gasteiger partial charge in [0.15, 0.2) is 0 Å². The Kier molecular flexibility index (Phi) is 6.21. The zero-order chi connectivity index (χ0) is 15.4. The number of benzene rings is 1. The molecule has 0 spiro atoms. The standard InChI is InChI=1S/C17H27BrFN/c1-6-10-17(5,12-20-16(2,3)4)11-13-8-7-9-14(19)15(13)18/h7-9,20H,6,10-12H2,1-5H3. The van der Waals surface area contributed by atoms with E-state index in [-0.39, 0.29) is 16.8 Å². The van der Waals surface area contributed by atoms with E-state index in [0.29, 0.717) is 4.47 Å². The van der Waals surface area contributed by atoms with Crippen LogP contribution in [0.2, 0.25) is 0 Å². The molecule has 1 nitrogen and oxygen atoms in total. The monoisotopic (exact) mass is 343 g/mol. The summed E-state index contributed by atoms with van der Waals surface area (Å²) in [5.74, 6) is -0.176. The van der Waals surface area contributed by atoms with Crippen LogP contribution < -0.4 is 5.32 Å². The molecule has 3 heteroatoms. The summed E-state index contributed by atoms with van der Waals surface area (Å²) >= 11 is 3.38. The highest BCUT2D eigenvalue weighted by Crippen LogP contribution is 2.32. The SMILES string of the molecule is CCCC(C)(CNC(C)(C)C)Cc1cccc(F)c1Br. The normalized spacial score (nSPS) is 15.2. The summed E-state index contributed by atoms with van der Waals surface area (Å²) in [5.41, 5.74) is 1.30. The molecule has 1 aromatic carbocycles. The van der Waals surface area contributed by atoms with Crippen LogP contribution in [0.4, 0.5) is 4.39 Å². The lowest BCUT2D eigenvalue weighted by molar-refractivity contribution is 0.243. The second kappa shape index (κ2) is 7.04. The first-order valence-corrected chi connectivity index (χ1v) is 8.14. The summed E-state index contributed by atoms with van der Waals surface area (Å²) in [4.78, 5) is 0. The molecule has 20 heavy (non-hydrogen) atoms. The van der Waals surface area contributed by atoms with Crippen LogP contribution in [0.15, 0.2) is 22.7 Å². The maximum atomic E-state index is 13.7. The molecule has 1 N–H and O–H groups in total. The Morgan fingerprint density at radius 2 is 1.85 bits per heavy atom. The molecule has 1 unspecified atom stereocenters. The molecule has 0 saturated heterocycles. The van der Waals surface area contributed by atoms with E-state index in [2.05, 4.69) is 55.9 Å². The van der Waals surface area contributed by atoms with Gasteiger partial charge in [-0.3, -0.25) is 0 Å². The molecule has 0 saturated carbocycles. The van der Waals surface area contributed by atoms with Crippen molar-refractivity contribution in [1.82, 2.24) is 5.32 Å². The Morgan fingerprint density at radius 3 is 2.40 bits per heavy atom. The van der Waals surface area contributed by atoms with Crippen molar-refractivity contribution in [2.75, 3.05) is 6.54 Å². The van der Waals surface area contributed by atoms with Crippen LogP contribution in [0, 0.1) is 11.2 Å². The lowest BCUT2D eigenvalue weighted by Gasteiger charge is -2.34. The summed E-state index contributed by atoms with van der Waals surface area (Å²) in [6.45, 7) is 12.0. The minimum absolute atomic E-state index is 0.105. The maximum Gasteiger partial charge on any atom is 0.137 e. The first kappa shape index (κ1) is 17.6. The van der Waals surface area contributed by atoms with Gasteiger partial charge in [-0.2, -0.15) is 0 Å². The number of halogens is 2. The molecule has 0 bridgehead atoms. The van der Waals surface area contributed by atoms with Crippen molar-refractivity contribution in [1.29, 1.82) is 0 Å². The topological polar surface area (TPSA) is 12.0 Å². The van der Waals surface area contributed by atoms with Crippen molar-refractivity contribution >= 4 is 15.9 Å². The average Bonchev–Trinajstić information content (AvgIpc) is 2.32. The second-order valence-corrected chi connectivity index (χ2v) is 7.85. The van der Waals surface area contributed by atoms with Gasteiger partial charge in [-0.25, -0.2) is 4.39 Å². The lowest BCUT2D eigenvalue weighted by Crippen LogP contribution is -2.43. The third-order valence-corrected chi connectivity index (χ3v) is 4.44. The summed E-state index contributed by atoms with van der Waals surface area (Å²) < 4.78 is 14.3. The van der Waals surface area contributed by atoms with E-state index in [0.717, 1.165) is 31.4 Å². The predicted octanol–water partition coefficient (Wildman–Crippen LogP) is 5.33. The van der Waals surface area contributed by atoms with Gasteiger partial charge in [0.25, 0.3) is 0 Å². The molecular formula is C17H27BrFN. The van der Waals surface area contributed by atoms with Crippen LogP contribution >= 0.6 is 15.9 Å². The van der Waals surface area contributed by atoms with Crippen molar-refractivity contribution in [3.63, 3.8) is 0 Å². The van der Waals surface area contributed by atoms with Crippen molar-refractivity contribution in [2.24, 2.45) is 5.41 Å². The van der Waals surface area contributed by atoms with Crippen LogP contribution in [0.5, 0.6) is 0 Å². The fourth-order valence-corrected chi connectivity index (χ4v) is 2.87. The number of hydrogen-bond donors (Lipinski definition) is 1. The fourth-order valence-electron chi connectivity index (χ4n) is 2.47. The molecule has 0 aliphatic rings. The van der Waals surface area contributed by atoms with E-state index in [9.17, 15) is 4.39 Å². The van der Waals surface area contributed by atoms with Crippen LogP contribution in [0.1, 0.15) is 53.0 Å². The molecule has 0 aliphatic heterocycles. The second-order valence-electron chi connectivity index (χ2n) is 7.05. The lowest BCUT2D eigenvalue weighted by atomic mass is 9.79. The molecule has 0 aromatic heterocycles. The van der Waals surface area contributed by atoms with Crippen molar-refractivity contribution in [3.05, 3.63) is 34.1 Å². The van der Waals surface area contributed by atoms with Crippen molar-refractivity contribution < 1.29 is 4.39 Å². The quantitative estimate of drug-likeness (QED) is 0.736. The van der Waals surface area contributed by atoms with E-state index in [1.165, 1.54) is 6.07 Å². The molecular weight excluding hydrogens is 317 g/mol. The first-order chi connectivity index (χ1) is 9.17. The molecule has 114 valence electrons.